The molecule has 2 aromatic rings. The Morgan fingerprint density at radius 2 is 1.41 bits per heavy atom. The molecule has 0 heterocycles. The molecule has 11 heteroatoms. The lowest BCUT2D eigenvalue weighted by Crippen LogP contribution is -2.76. The average molecular weight is 395 g/mol. The van der Waals surface area contributed by atoms with Gasteiger partial charge in [0.15, 0.2) is 0 Å². The van der Waals surface area contributed by atoms with E-state index in [0.717, 1.165) is 28.9 Å². The molecule has 0 aliphatic carbocycles. The van der Waals surface area contributed by atoms with Crippen LogP contribution in [0.4, 0.5) is 36.4 Å². The number of para-hydroxylation sites is 1. The van der Waals surface area contributed by atoms with Crippen molar-refractivity contribution >= 4 is 11.6 Å². The number of hydrogen-bond donors (Lipinski definition) is 3. The van der Waals surface area contributed by atoms with Crippen molar-refractivity contribution in [3.8, 4) is 0 Å². The van der Waals surface area contributed by atoms with Crippen molar-refractivity contribution in [1.82, 2.24) is 10.7 Å². The molecule has 3 N–H and O–H groups in total. The second-order valence-corrected chi connectivity index (χ2v) is 5.33. The second kappa shape index (κ2) is 7.43. The van der Waals surface area contributed by atoms with Gasteiger partial charge in [0.1, 0.15) is 5.82 Å². The van der Waals surface area contributed by atoms with Gasteiger partial charge in [0.2, 0.25) is 0 Å². The van der Waals surface area contributed by atoms with E-state index >= 15 is 0 Å². The molecule has 0 radical (unpaired) electrons. The average Bonchev–Trinajstić information content (AvgIpc) is 2.57. The first-order valence-corrected chi connectivity index (χ1v) is 7.26. The zero-order chi connectivity index (χ0) is 20.3. The second-order valence-electron chi connectivity index (χ2n) is 5.33. The smallest absolute Gasteiger partial charge is 0.319 e. The van der Waals surface area contributed by atoms with E-state index in [2.05, 4.69) is 0 Å². The largest absolute Gasteiger partial charge is 0.436 e. The van der Waals surface area contributed by atoms with Crippen LogP contribution >= 0.6 is 0 Å². The third-order valence-corrected chi connectivity index (χ3v) is 3.41. The fourth-order valence-electron chi connectivity index (χ4n) is 2.04. The number of halogens is 7. The minimum Gasteiger partial charge on any atom is -0.319 e. The van der Waals surface area contributed by atoms with Crippen molar-refractivity contribution in [1.29, 1.82) is 0 Å². The molecule has 0 bridgehead atoms. The molecule has 0 saturated heterocycles. The number of nitrogens with one attached hydrogen (secondary N) is 3. The van der Waals surface area contributed by atoms with E-state index < -0.39 is 35.3 Å². The number of amides is 1. The SMILES string of the molecule is O=C(NC(NNc1ccccc1)(C(F)(F)F)C(F)(F)F)c1cccc(F)c1. The number of anilines is 1. The molecule has 0 spiro atoms. The highest BCUT2D eigenvalue weighted by atomic mass is 19.4. The summed E-state index contributed by atoms with van der Waals surface area (Å²) in [6.07, 6.45) is -12.0. The standard InChI is InChI=1S/C16H12F7N3O/c17-11-6-4-5-10(9-11)13(27)24-14(15(18,19)20,16(21,22)23)26-25-12-7-2-1-3-8-12/h1-9,25-26H,(H,24,27). The summed E-state index contributed by atoms with van der Waals surface area (Å²) < 4.78 is 93.7. The van der Waals surface area contributed by atoms with Gasteiger partial charge in [0, 0.05) is 11.3 Å². The monoisotopic (exact) mass is 395 g/mol. The molecule has 4 nitrogen and oxygen atoms in total. The van der Waals surface area contributed by atoms with Crippen molar-refractivity contribution in [3.05, 3.63) is 66.0 Å². The van der Waals surface area contributed by atoms with Gasteiger partial charge in [-0.2, -0.15) is 31.8 Å². The van der Waals surface area contributed by atoms with Gasteiger partial charge in [-0.15, -0.1) is 0 Å². The Morgan fingerprint density at radius 3 is 1.93 bits per heavy atom. The van der Waals surface area contributed by atoms with Gasteiger partial charge < -0.3 is 10.7 Å². The van der Waals surface area contributed by atoms with Crippen LogP contribution < -0.4 is 16.2 Å². The number of hydrogen-bond acceptors (Lipinski definition) is 3. The highest BCUT2D eigenvalue weighted by Gasteiger charge is 2.72. The molecule has 0 aromatic heterocycles. The minimum absolute atomic E-state index is 0.115. The zero-order valence-electron chi connectivity index (χ0n) is 13.3. The summed E-state index contributed by atoms with van der Waals surface area (Å²) in [5.74, 6) is -2.77. The highest BCUT2D eigenvalue weighted by molar-refractivity contribution is 5.94. The van der Waals surface area contributed by atoms with Gasteiger partial charge in [0.25, 0.3) is 5.91 Å². The molecular formula is C16H12F7N3O. The van der Waals surface area contributed by atoms with Gasteiger partial charge >= 0.3 is 18.0 Å². The summed E-state index contributed by atoms with van der Waals surface area (Å²) in [6.45, 7) is 0. The zero-order valence-corrected chi connectivity index (χ0v) is 13.3. The first kappa shape index (κ1) is 20.5. The third-order valence-electron chi connectivity index (χ3n) is 3.41. The highest BCUT2D eigenvalue weighted by Crippen LogP contribution is 2.41. The molecule has 27 heavy (non-hydrogen) atoms. The number of hydrazine groups is 1. The molecule has 0 unspecified atom stereocenters. The van der Waals surface area contributed by atoms with Gasteiger partial charge in [-0.1, -0.05) is 24.3 Å². The minimum atomic E-state index is -5.99. The quantitative estimate of drug-likeness (QED) is 0.408. The van der Waals surface area contributed by atoms with Crippen LogP contribution in [0.3, 0.4) is 0 Å². The Kier molecular flexibility index (Phi) is 5.64. The normalized spacial score (nSPS) is 12.6. The molecule has 0 saturated carbocycles. The van der Waals surface area contributed by atoms with Crippen molar-refractivity contribution in [3.63, 3.8) is 0 Å². The molecule has 0 atom stereocenters. The van der Waals surface area contributed by atoms with Crippen molar-refractivity contribution in [2.75, 3.05) is 5.43 Å². The first-order valence-electron chi connectivity index (χ1n) is 7.26. The molecular weight excluding hydrogens is 383 g/mol. The lowest BCUT2D eigenvalue weighted by molar-refractivity contribution is -0.312. The molecule has 2 aromatic carbocycles. The van der Waals surface area contributed by atoms with Crippen molar-refractivity contribution < 1.29 is 35.5 Å². The predicted octanol–water partition coefficient (Wildman–Crippen LogP) is 3.99. The van der Waals surface area contributed by atoms with E-state index in [9.17, 15) is 35.5 Å². The number of benzene rings is 2. The maximum absolute atomic E-state index is 13.4. The summed E-state index contributed by atoms with van der Waals surface area (Å²) in [6, 6.07) is 9.90. The fourth-order valence-corrected chi connectivity index (χ4v) is 2.04. The Hall–Kier alpha value is -2.82. The Bertz CT molecular complexity index is 777. The molecule has 1 amide bonds. The summed E-state index contributed by atoms with van der Waals surface area (Å²) in [5, 5.41) is 0.895. The van der Waals surface area contributed by atoms with E-state index in [1.165, 1.54) is 30.3 Å². The van der Waals surface area contributed by atoms with Crippen LogP contribution in [-0.4, -0.2) is 23.9 Å². The van der Waals surface area contributed by atoms with Crippen molar-refractivity contribution in [2.45, 2.75) is 18.0 Å². The van der Waals surface area contributed by atoms with Crippen LogP contribution in [0.25, 0.3) is 0 Å². The number of carbonyl (C=O) groups excluding carboxylic acids is 1. The summed E-state index contributed by atoms with van der Waals surface area (Å²) in [5.41, 5.74) is -2.76. The molecule has 0 aliphatic rings. The topological polar surface area (TPSA) is 53.2 Å². The van der Waals surface area contributed by atoms with Crippen LogP contribution in [0.2, 0.25) is 0 Å². The summed E-state index contributed by atoms with van der Waals surface area (Å²) in [4.78, 5) is 12.0. The van der Waals surface area contributed by atoms with Crippen molar-refractivity contribution in [2.24, 2.45) is 0 Å². The van der Waals surface area contributed by atoms with Crippen LogP contribution in [0.1, 0.15) is 10.4 Å². The fraction of sp³-hybridized carbons (Fsp3) is 0.188. The van der Waals surface area contributed by atoms with Crippen LogP contribution in [0.15, 0.2) is 54.6 Å². The van der Waals surface area contributed by atoms with E-state index in [-0.39, 0.29) is 5.69 Å². The van der Waals surface area contributed by atoms with Crippen LogP contribution in [0, 0.1) is 5.82 Å². The molecule has 146 valence electrons. The molecule has 0 aliphatic heterocycles. The van der Waals surface area contributed by atoms with Gasteiger partial charge in [0.05, 0.1) is 0 Å². The summed E-state index contributed by atoms with van der Waals surface area (Å²) >= 11 is 0. The summed E-state index contributed by atoms with van der Waals surface area (Å²) in [7, 11) is 0. The molecule has 0 fully saturated rings. The number of carbonyl (C=O) groups is 1. The molecule has 2 rings (SSSR count). The van der Waals surface area contributed by atoms with E-state index in [4.69, 9.17) is 0 Å². The van der Waals surface area contributed by atoms with Gasteiger partial charge in [-0.25, -0.2) is 4.39 Å². The maximum atomic E-state index is 13.4. The first-order chi connectivity index (χ1) is 12.5. The van der Waals surface area contributed by atoms with Gasteiger partial charge in [-0.3, -0.25) is 4.79 Å². The lowest BCUT2D eigenvalue weighted by atomic mass is 10.1. The van der Waals surface area contributed by atoms with E-state index in [0.29, 0.717) is 6.07 Å². The van der Waals surface area contributed by atoms with Gasteiger partial charge in [-0.05, 0) is 30.3 Å². The van der Waals surface area contributed by atoms with E-state index in [1.807, 2.05) is 0 Å². The maximum Gasteiger partial charge on any atom is 0.436 e. The number of rotatable bonds is 5. The Morgan fingerprint density at radius 1 is 0.815 bits per heavy atom. The van der Waals surface area contributed by atoms with E-state index in [1.54, 1.807) is 5.43 Å². The lowest BCUT2D eigenvalue weighted by Gasteiger charge is -2.38. The van der Waals surface area contributed by atoms with Crippen LogP contribution in [0.5, 0.6) is 0 Å². The third kappa shape index (κ3) is 4.48. The number of alkyl halides is 6. The Balaban J connectivity index is 2.40. The predicted molar refractivity (Wildman–Crippen MR) is 81.9 cm³/mol. The Labute approximate surface area is 148 Å². The van der Waals surface area contributed by atoms with Crippen LogP contribution in [-0.2, 0) is 0 Å².